The summed E-state index contributed by atoms with van der Waals surface area (Å²) in [6, 6.07) is 1.81. The van der Waals surface area contributed by atoms with E-state index in [9.17, 15) is 4.79 Å². The van der Waals surface area contributed by atoms with Crippen LogP contribution in [0.1, 0.15) is 18.7 Å². The lowest BCUT2D eigenvalue weighted by Gasteiger charge is -2.29. The number of piperidine rings is 1. The molecule has 2 aromatic rings. The SMILES string of the molecule is Cc1nc(NCC2CCN(C)CC2)cc2n[nH]c(=O)n12. The maximum Gasteiger partial charge on any atom is 0.349 e. The number of fused-ring (bicyclic) bond motifs is 1. The van der Waals surface area contributed by atoms with Crippen LogP contribution >= 0.6 is 0 Å². The molecular weight excluding hydrogens is 256 g/mol. The fourth-order valence-electron chi connectivity index (χ4n) is 2.70. The average Bonchev–Trinajstić information content (AvgIpc) is 2.80. The van der Waals surface area contributed by atoms with Crippen LogP contribution in [0.2, 0.25) is 0 Å². The van der Waals surface area contributed by atoms with Gasteiger partial charge in [0.05, 0.1) is 0 Å². The Balaban J connectivity index is 1.70. The molecule has 1 saturated heterocycles. The summed E-state index contributed by atoms with van der Waals surface area (Å²) in [4.78, 5) is 18.3. The number of aromatic nitrogens is 4. The van der Waals surface area contributed by atoms with Gasteiger partial charge in [-0.05, 0) is 45.8 Å². The number of hydrogen-bond acceptors (Lipinski definition) is 5. The minimum atomic E-state index is -0.244. The highest BCUT2D eigenvalue weighted by Gasteiger charge is 2.16. The van der Waals surface area contributed by atoms with Gasteiger partial charge in [-0.3, -0.25) is 0 Å². The van der Waals surface area contributed by atoms with E-state index in [4.69, 9.17) is 0 Å². The highest BCUT2D eigenvalue weighted by molar-refractivity contribution is 5.49. The molecule has 1 aliphatic rings. The Morgan fingerprint density at radius 1 is 1.45 bits per heavy atom. The van der Waals surface area contributed by atoms with Crippen LogP contribution in [0.25, 0.3) is 5.65 Å². The van der Waals surface area contributed by atoms with E-state index in [1.54, 1.807) is 6.07 Å². The van der Waals surface area contributed by atoms with Gasteiger partial charge in [-0.15, -0.1) is 0 Å². The minimum absolute atomic E-state index is 0.244. The van der Waals surface area contributed by atoms with Crippen molar-refractivity contribution in [3.63, 3.8) is 0 Å². The van der Waals surface area contributed by atoms with Gasteiger partial charge < -0.3 is 10.2 Å². The van der Waals surface area contributed by atoms with Crippen LogP contribution < -0.4 is 11.0 Å². The zero-order valence-electron chi connectivity index (χ0n) is 11.9. The fraction of sp³-hybridized carbons (Fsp3) is 0.615. The van der Waals surface area contributed by atoms with E-state index in [-0.39, 0.29) is 5.69 Å². The minimum Gasteiger partial charge on any atom is -0.370 e. The predicted molar refractivity (Wildman–Crippen MR) is 77.1 cm³/mol. The number of nitrogens with one attached hydrogen (secondary N) is 2. The van der Waals surface area contributed by atoms with Gasteiger partial charge >= 0.3 is 5.69 Å². The third kappa shape index (κ3) is 2.53. The second-order valence-corrected chi connectivity index (χ2v) is 5.54. The molecule has 20 heavy (non-hydrogen) atoms. The van der Waals surface area contributed by atoms with Crippen LogP contribution in [0, 0.1) is 12.8 Å². The van der Waals surface area contributed by atoms with Gasteiger partial charge in [-0.25, -0.2) is 19.3 Å². The third-order valence-corrected chi connectivity index (χ3v) is 3.98. The Bertz CT molecular complexity index is 652. The first-order valence-electron chi connectivity index (χ1n) is 7.00. The molecule has 2 aromatic heterocycles. The normalized spacial score (nSPS) is 17.7. The molecular formula is C13H20N6O. The van der Waals surface area contributed by atoms with Gasteiger partial charge in [0, 0.05) is 12.6 Å². The molecule has 0 amide bonds. The number of rotatable bonds is 3. The van der Waals surface area contributed by atoms with Crippen LogP contribution in [0.4, 0.5) is 5.82 Å². The predicted octanol–water partition coefficient (Wildman–Crippen LogP) is 0.480. The molecule has 0 atom stereocenters. The van der Waals surface area contributed by atoms with Crippen molar-refractivity contribution in [3.05, 3.63) is 22.4 Å². The van der Waals surface area contributed by atoms with E-state index < -0.39 is 0 Å². The lowest BCUT2D eigenvalue weighted by molar-refractivity contribution is 0.226. The smallest absolute Gasteiger partial charge is 0.349 e. The number of anilines is 1. The van der Waals surface area contributed by atoms with Crippen LogP contribution in [0.5, 0.6) is 0 Å². The first-order chi connectivity index (χ1) is 9.63. The molecule has 3 rings (SSSR count). The first kappa shape index (κ1) is 13.1. The van der Waals surface area contributed by atoms with E-state index in [0.29, 0.717) is 17.4 Å². The van der Waals surface area contributed by atoms with Gasteiger partial charge in [0.15, 0.2) is 5.65 Å². The topological polar surface area (TPSA) is 78.3 Å². The number of likely N-dealkylation sites (tertiary alicyclic amines) is 1. The second-order valence-electron chi connectivity index (χ2n) is 5.54. The van der Waals surface area contributed by atoms with Crippen molar-refractivity contribution in [2.45, 2.75) is 19.8 Å². The van der Waals surface area contributed by atoms with Crippen LogP contribution in [-0.4, -0.2) is 51.2 Å². The molecule has 108 valence electrons. The highest BCUT2D eigenvalue weighted by atomic mass is 16.1. The Kier molecular flexibility index (Phi) is 3.43. The summed E-state index contributed by atoms with van der Waals surface area (Å²) in [6.07, 6.45) is 2.43. The Morgan fingerprint density at radius 2 is 2.20 bits per heavy atom. The van der Waals surface area contributed by atoms with Gasteiger partial charge in [0.25, 0.3) is 0 Å². The lowest BCUT2D eigenvalue weighted by atomic mass is 9.97. The van der Waals surface area contributed by atoms with Gasteiger partial charge in [-0.1, -0.05) is 0 Å². The largest absolute Gasteiger partial charge is 0.370 e. The molecule has 0 unspecified atom stereocenters. The van der Waals surface area contributed by atoms with Gasteiger partial charge in [-0.2, -0.15) is 5.10 Å². The van der Waals surface area contributed by atoms with Crippen molar-refractivity contribution in [1.29, 1.82) is 0 Å². The molecule has 2 N–H and O–H groups in total. The third-order valence-electron chi connectivity index (χ3n) is 3.98. The molecule has 0 bridgehead atoms. The summed E-state index contributed by atoms with van der Waals surface area (Å²) in [5.41, 5.74) is 0.361. The Morgan fingerprint density at radius 3 is 2.95 bits per heavy atom. The highest BCUT2D eigenvalue weighted by Crippen LogP contribution is 2.17. The van der Waals surface area contributed by atoms with Crippen molar-refractivity contribution in [2.75, 3.05) is 32.0 Å². The molecule has 0 aliphatic carbocycles. The van der Waals surface area contributed by atoms with Crippen LogP contribution in [-0.2, 0) is 0 Å². The van der Waals surface area contributed by atoms with E-state index in [2.05, 4.69) is 32.4 Å². The van der Waals surface area contributed by atoms with E-state index in [1.807, 2.05) is 6.92 Å². The number of nitrogens with zero attached hydrogens (tertiary/aromatic N) is 4. The maximum atomic E-state index is 11.5. The summed E-state index contributed by atoms with van der Waals surface area (Å²) in [5.74, 6) is 2.12. The van der Waals surface area contributed by atoms with Crippen molar-refractivity contribution in [3.8, 4) is 0 Å². The number of hydrogen-bond donors (Lipinski definition) is 2. The van der Waals surface area contributed by atoms with Crippen molar-refractivity contribution >= 4 is 11.5 Å². The number of aryl methyl sites for hydroxylation is 1. The molecule has 0 spiro atoms. The molecule has 0 radical (unpaired) electrons. The summed E-state index contributed by atoms with van der Waals surface area (Å²) >= 11 is 0. The lowest BCUT2D eigenvalue weighted by Crippen LogP contribution is -2.33. The number of H-pyrrole nitrogens is 1. The van der Waals surface area contributed by atoms with Crippen molar-refractivity contribution in [1.82, 2.24) is 24.5 Å². The van der Waals surface area contributed by atoms with E-state index in [0.717, 1.165) is 25.5 Å². The molecule has 3 heterocycles. The molecule has 7 heteroatoms. The molecule has 0 saturated carbocycles. The molecule has 1 fully saturated rings. The first-order valence-corrected chi connectivity index (χ1v) is 7.00. The van der Waals surface area contributed by atoms with Gasteiger partial charge in [0.1, 0.15) is 11.6 Å². The molecule has 7 nitrogen and oxygen atoms in total. The summed E-state index contributed by atoms with van der Waals surface area (Å²) in [7, 11) is 2.16. The summed E-state index contributed by atoms with van der Waals surface area (Å²) < 4.78 is 1.47. The standard InChI is InChI=1S/C13H20N6O/c1-9-15-11(7-12-16-17-13(20)19(9)12)14-8-10-3-5-18(2)6-4-10/h7,10,14H,3-6,8H2,1-2H3,(H,17,20). The van der Waals surface area contributed by atoms with Crippen LogP contribution in [0.3, 0.4) is 0 Å². The van der Waals surface area contributed by atoms with Gasteiger partial charge in [0.2, 0.25) is 0 Å². The van der Waals surface area contributed by atoms with E-state index >= 15 is 0 Å². The number of aromatic amines is 1. The average molecular weight is 276 g/mol. The fourth-order valence-corrected chi connectivity index (χ4v) is 2.70. The Hall–Kier alpha value is -1.89. The maximum absolute atomic E-state index is 11.5. The summed E-state index contributed by atoms with van der Waals surface area (Å²) in [6.45, 7) is 5.05. The molecule has 1 aliphatic heterocycles. The van der Waals surface area contributed by atoms with Crippen molar-refractivity contribution < 1.29 is 0 Å². The van der Waals surface area contributed by atoms with Crippen LogP contribution in [0.15, 0.2) is 10.9 Å². The Labute approximate surface area is 117 Å². The quantitative estimate of drug-likeness (QED) is 0.852. The zero-order chi connectivity index (χ0) is 14.1. The second kappa shape index (κ2) is 5.24. The van der Waals surface area contributed by atoms with Crippen molar-refractivity contribution in [2.24, 2.45) is 5.92 Å². The monoisotopic (exact) mass is 276 g/mol. The summed E-state index contributed by atoms with van der Waals surface area (Å²) in [5, 5.41) is 9.79. The molecule has 0 aromatic carbocycles. The van der Waals surface area contributed by atoms with E-state index in [1.165, 1.54) is 17.2 Å². The zero-order valence-corrected chi connectivity index (χ0v) is 11.9.